The second kappa shape index (κ2) is 7.80. The lowest BCUT2D eigenvalue weighted by molar-refractivity contribution is -0.0159. The van der Waals surface area contributed by atoms with Crippen LogP contribution in [0.2, 0.25) is 0 Å². The van der Waals surface area contributed by atoms with E-state index in [9.17, 15) is 19.1 Å². The van der Waals surface area contributed by atoms with Gasteiger partial charge >= 0.3 is 0 Å². The van der Waals surface area contributed by atoms with Gasteiger partial charge in [-0.05, 0) is 44.0 Å². The SMILES string of the molecule is CC(C)(O)[C@H](F)CN1Cc2cc(NC(=O)c3cnn4cccnc34)c(N3CCC3)cc2C1=O. The first-order valence-electron chi connectivity index (χ1n) is 10.9. The average Bonchev–Trinajstić information content (AvgIpc) is 3.28. The molecule has 0 aliphatic carbocycles. The summed E-state index contributed by atoms with van der Waals surface area (Å²) in [6.45, 7) is 4.43. The number of halogens is 1. The number of alkyl halides is 1. The van der Waals surface area contributed by atoms with Crippen molar-refractivity contribution in [2.45, 2.75) is 38.6 Å². The maximum atomic E-state index is 14.4. The van der Waals surface area contributed by atoms with Crippen molar-refractivity contribution in [2.75, 3.05) is 29.9 Å². The van der Waals surface area contributed by atoms with Gasteiger partial charge in [0, 0.05) is 37.6 Å². The van der Waals surface area contributed by atoms with Crippen LogP contribution in [0.3, 0.4) is 0 Å². The molecule has 0 saturated carbocycles. The number of aromatic nitrogens is 3. The molecule has 5 rings (SSSR count). The van der Waals surface area contributed by atoms with E-state index in [-0.39, 0.29) is 24.9 Å². The lowest BCUT2D eigenvalue weighted by atomic mass is 10.0. The Morgan fingerprint density at radius 3 is 2.82 bits per heavy atom. The van der Waals surface area contributed by atoms with Gasteiger partial charge in [-0.15, -0.1) is 0 Å². The van der Waals surface area contributed by atoms with Gasteiger partial charge in [0.2, 0.25) is 0 Å². The Hall–Kier alpha value is -3.53. The van der Waals surface area contributed by atoms with Crippen LogP contribution in [-0.4, -0.2) is 67.8 Å². The number of hydrogen-bond acceptors (Lipinski definition) is 6. The lowest BCUT2D eigenvalue weighted by Crippen LogP contribution is -2.42. The standard InChI is InChI=1S/C23H25FN6O3/c1-23(2,33)19(24)13-29-12-14-9-17(18(28-6-4-7-28)10-15(14)22(29)32)27-21(31)16-11-26-30-8-3-5-25-20(16)30/h3,5,8-11,19,33H,4,6-7,12-13H2,1-2H3,(H,27,31)/t19-/m1/s1. The Morgan fingerprint density at radius 1 is 1.33 bits per heavy atom. The molecule has 1 fully saturated rings. The fraction of sp³-hybridized carbons (Fsp3) is 0.391. The van der Waals surface area contributed by atoms with Crippen molar-refractivity contribution in [3.63, 3.8) is 0 Å². The number of carbonyl (C=O) groups excluding carboxylic acids is 2. The molecule has 2 aliphatic heterocycles. The van der Waals surface area contributed by atoms with Crippen molar-refractivity contribution in [1.29, 1.82) is 0 Å². The Balaban J connectivity index is 1.45. The predicted octanol–water partition coefficient (Wildman–Crippen LogP) is 2.26. The second-order valence-electron chi connectivity index (χ2n) is 9.07. The molecule has 4 heterocycles. The van der Waals surface area contributed by atoms with E-state index < -0.39 is 11.8 Å². The number of nitrogens with zero attached hydrogens (tertiary/aromatic N) is 5. The summed E-state index contributed by atoms with van der Waals surface area (Å²) < 4.78 is 16.0. The Morgan fingerprint density at radius 2 is 2.12 bits per heavy atom. The van der Waals surface area contributed by atoms with Crippen LogP contribution in [0, 0.1) is 0 Å². The number of rotatable bonds is 6. The highest BCUT2D eigenvalue weighted by Gasteiger charge is 2.36. The molecular formula is C23H25FN6O3. The summed E-state index contributed by atoms with van der Waals surface area (Å²) in [6.07, 6.45) is 4.23. The fourth-order valence-corrected chi connectivity index (χ4v) is 4.07. The number of nitrogens with one attached hydrogen (secondary N) is 1. The lowest BCUT2D eigenvalue weighted by Gasteiger charge is -2.35. The van der Waals surface area contributed by atoms with Gasteiger partial charge in [0.25, 0.3) is 11.8 Å². The number of carbonyl (C=O) groups is 2. The monoisotopic (exact) mass is 452 g/mol. The van der Waals surface area contributed by atoms with Crippen molar-refractivity contribution >= 4 is 28.8 Å². The summed E-state index contributed by atoms with van der Waals surface area (Å²) in [5.41, 5.74) is 1.79. The minimum Gasteiger partial charge on any atom is -0.387 e. The van der Waals surface area contributed by atoms with Crippen molar-refractivity contribution in [3.8, 4) is 0 Å². The van der Waals surface area contributed by atoms with Gasteiger partial charge in [-0.2, -0.15) is 5.10 Å². The Kier molecular flexibility index (Phi) is 5.04. The highest BCUT2D eigenvalue weighted by atomic mass is 19.1. The molecule has 1 atom stereocenters. The average molecular weight is 452 g/mol. The molecule has 1 aromatic carbocycles. The van der Waals surface area contributed by atoms with E-state index in [0.717, 1.165) is 25.2 Å². The fourth-order valence-electron chi connectivity index (χ4n) is 4.07. The largest absolute Gasteiger partial charge is 0.387 e. The van der Waals surface area contributed by atoms with E-state index in [1.54, 1.807) is 30.6 Å². The van der Waals surface area contributed by atoms with Gasteiger partial charge in [0.05, 0.1) is 29.7 Å². The highest BCUT2D eigenvalue weighted by Crippen LogP contribution is 2.37. The molecule has 1 saturated heterocycles. The third kappa shape index (κ3) is 3.80. The number of benzene rings is 1. The molecular weight excluding hydrogens is 427 g/mol. The van der Waals surface area contributed by atoms with E-state index in [2.05, 4.69) is 20.3 Å². The molecule has 0 radical (unpaired) electrons. The highest BCUT2D eigenvalue weighted by molar-refractivity contribution is 6.10. The van der Waals surface area contributed by atoms with Crippen LogP contribution < -0.4 is 10.2 Å². The van der Waals surface area contributed by atoms with E-state index in [1.807, 2.05) is 0 Å². The first-order chi connectivity index (χ1) is 15.7. The molecule has 2 aromatic heterocycles. The number of fused-ring (bicyclic) bond motifs is 2. The molecule has 172 valence electrons. The van der Waals surface area contributed by atoms with E-state index in [1.165, 1.54) is 29.5 Å². The van der Waals surface area contributed by atoms with Crippen LogP contribution in [0.5, 0.6) is 0 Å². The van der Waals surface area contributed by atoms with Crippen LogP contribution in [0.4, 0.5) is 15.8 Å². The van der Waals surface area contributed by atoms with Crippen molar-refractivity contribution in [3.05, 3.63) is 53.5 Å². The Labute approximate surface area is 189 Å². The van der Waals surface area contributed by atoms with Crippen LogP contribution in [-0.2, 0) is 6.54 Å². The number of aliphatic hydroxyl groups is 1. The van der Waals surface area contributed by atoms with Crippen LogP contribution in [0.25, 0.3) is 5.65 Å². The molecule has 2 N–H and O–H groups in total. The zero-order chi connectivity index (χ0) is 23.3. The number of anilines is 2. The van der Waals surface area contributed by atoms with Crippen LogP contribution in [0.15, 0.2) is 36.8 Å². The van der Waals surface area contributed by atoms with Gasteiger partial charge < -0.3 is 20.2 Å². The normalized spacial score (nSPS) is 16.7. The molecule has 0 bridgehead atoms. The zero-order valence-electron chi connectivity index (χ0n) is 18.5. The third-order valence-corrected chi connectivity index (χ3v) is 6.22. The van der Waals surface area contributed by atoms with Crippen molar-refractivity contribution in [1.82, 2.24) is 19.5 Å². The smallest absolute Gasteiger partial charge is 0.261 e. The quantitative estimate of drug-likeness (QED) is 0.595. The molecule has 2 aliphatic rings. The molecule has 9 nitrogen and oxygen atoms in total. The molecule has 10 heteroatoms. The summed E-state index contributed by atoms with van der Waals surface area (Å²) in [5.74, 6) is -0.624. The second-order valence-corrected chi connectivity index (χ2v) is 9.07. The maximum absolute atomic E-state index is 14.4. The summed E-state index contributed by atoms with van der Waals surface area (Å²) in [7, 11) is 0. The number of hydrogen-bond donors (Lipinski definition) is 2. The first-order valence-corrected chi connectivity index (χ1v) is 10.9. The zero-order valence-corrected chi connectivity index (χ0v) is 18.5. The minimum absolute atomic E-state index is 0.203. The van der Waals surface area contributed by atoms with Crippen molar-refractivity contribution < 1.29 is 19.1 Å². The molecule has 33 heavy (non-hydrogen) atoms. The van der Waals surface area contributed by atoms with Gasteiger partial charge in [-0.3, -0.25) is 9.59 Å². The molecule has 2 amide bonds. The topological polar surface area (TPSA) is 103 Å². The summed E-state index contributed by atoms with van der Waals surface area (Å²) in [4.78, 5) is 33.8. The van der Waals surface area contributed by atoms with E-state index in [4.69, 9.17) is 0 Å². The predicted molar refractivity (Wildman–Crippen MR) is 120 cm³/mol. The van der Waals surface area contributed by atoms with Gasteiger partial charge in [-0.1, -0.05) is 0 Å². The van der Waals surface area contributed by atoms with Crippen LogP contribution in [0.1, 0.15) is 46.5 Å². The third-order valence-electron chi connectivity index (χ3n) is 6.22. The van der Waals surface area contributed by atoms with Gasteiger partial charge in [-0.25, -0.2) is 13.9 Å². The molecule has 3 aromatic rings. The number of amides is 2. The summed E-state index contributed by atoms with van der Waals surface area (Å²) in [6, 6.07) is 5.29. The maximum Gasteiger partial charge on any atom is 0.261 e. The molecule has 0 spiro atoms. The van der Waals surface area contributed by atoms with E-state index >= 15 is 0 Å². The van der Waals surface area contributed by atoms with E-state index in [0.29, 0.717) is 28.0 Å². The van der Waals surface area contributed by atoms with Gasteiger partial charge in [0.1, 0.15) is 11.7 Å². The minimum atomic E-state index is -1.58. The van der Waals surface area contributed by atoms with Crippen molar-refractivity contribution in [2.24, 2.45) is 0 Å². The Bertz CT molecular complexity index is 1250. The van der Waals surface area contributed by atoms with Gasteiger partial charge in [0.15, 0.2) is 5.65 Å². The van der Waals surface area contributed by atoms with Crippen LogP contribution >= 0.6 is 0 Å². The summed E-state index contributed by atoms with van der Waals surface area (Å²) in [5, 5.41) is 17.1. The summed E-state index contributed by atoms with van der Waals surface area (Å²) >= 11 is 0. The molecule has 0 unspecified atom stereocenters. The first kappa shape index (κ1) is 21.3.